The predicted molar refractivity (Wildman–Crippen MR) is 89.8 cm³/mol. The van der Waals surface area contributed by atoms with Crippen molar-refractivity contribution in [2.24, 2.45) is 0 Å². The molecule has 0 aliphatic rings. The van der Waals surface area contributed by atoms with Crippen LogP contribution in [0.2, 0.25) is 4.34 Å². The first-order chi connectivity index (χ1) is 9.47. The Labute approximate surface area is 131 Å². The second-order valence-electron chi connectivity index (χ2n) is 5.62. The summed E-state index contributed by atoms with van der Waals surface area (Å²) < 4.78 is 0.850. The van der Waals surface area contributed by atoms with Gasteiger partial charge in [0.2, 0.25) is 0 Å². The molecule has 0 radical (unpaired) electrons. The van der Waals surface area contributed by atoms with Gasteiger partial charge >= 0.3 is 0 Å². The minimum atomic E-state index is 0.304. The lowest BCUT2D eigenvalue weighted by Crippen LogP contribution is -2.22. The average Bonchev–Trinajstić information content (AvgIpc) is 2.85. The van der Waals surface area contributed by atoms with Gasteiger partial charge in [0, 0.05) is 12.1 Å². The van der Waals surface area contributed by atoms with E-state index in [1.807, 2.05) is 6.07 Å². The van der Waals surface area contributed by atoms with Gasteiger partial charge in [0.05, 0.1) is 4.34 Å². The molecule has 20 heavy (non-hydrogen) atoms. The van der Waals surface area contributed by atoms with Crippen LogP contribution in [0.3, 0.4) is 0 Å². The van der Waals surface area contributed by atoms with Crippen LogP contribution in [0.5, 0.6) is 0 Å². The van der Waals surface area contributed by atoms with E-state index in [1.54, 1.807) is 11.3 Å². The molecule has 1 N–H and O–H groups in total. The first kappa shape index (κ1) is 15.6. The van der Waals surface area contributed by atoms with Crippen molar-refractivity contribution in [1.29, 1.82) is 0 Å². The molecule has 2 rings (SSSR count). The highest BCUT2D eigenvalue weighted by Gasteiger charge is 2.12. The van der Waals surface area contributed by atoms with Crippen molar-refractivity contribution >= 4 is 22.9 Å². The van der Waals surface area contributed by atoms with Gasteiger partial charge < -0.3 is 5.32 Å². The van der Waals surface area contributed by atoms with Crippen molar-refractivity contribution in [1.82, 2.24) is 5.32 Å². The van der Waals surface area contributed by atoms with E-state index in [1.165, 1.54) is 16.7 Å². The Balaban J connectivity index is 2.02. The average molecular weight is 308 g/mol. The molecule has 0 aliphatic heterocycles. The fourth-order valence-corrected chi connectivity index (χ4v) is 3.27. The highest BCUT2D eigenvalue weighted by atomic mass is 35.5. The third kappa shape index (κ3) is 3.85. The Bertz CT molecular complexity index is 544. The summed E-state index contributed by atoms with van der Waals surface area (Å²) >= 11 is 7.58. The lowest BCUT2D eigenvalue weighted by atomic mass is 9.99. The fraction of sp³-hybridized carbons (Fsp3) is 0.412. The third-order valence-corrected chi connectivity index (χ3v) is 4.80. The molecule has 0 saturated heterocycles. The minimum absolute atomic E-state index is 0.304. The SMILES string of the molecule is CC(C)c1ccc(C(C)NC(C)c2csc(Cl)c2)cc1. The molecule has 0 fully saturated rings. The van der Waals surface area contributed by atoms with Crippen LogP contribution in [0.1, 0.15) is 62.4 Å². The lowest BCUT2D eigenvalue weighted by Gasteiger charge is -2.20. The first-order valence-corrected chi connectivity index (χ1v) is 8.33. The second kappa shape index (κ2) is 6.75. The zero-order chi connectivity index (χ0) is 14.7. The van der Waals surface area contributed by atoms with Crippen LogP contribution >= 0.6 is 22.9 Å². The molecule has 2 aromatic rings. The number of hydrogen-bond acceptors (Lipinski definition) is 2. The van der Waals surface area contributed by atoms with Crippen LogP contribution in [-0.4, -0.2) is 0 Å². The molecule has 2 atom stereocenters. The Morgan fingerprint density at radius 2 is 1.45 bits per heavy atom. The molecule has 1 heterocycles. The summed E-state index contributed by atoms with van der Waals surface area (Å²) in [6.07, 6.45) is 0. The van der Waals surface area contributed by atoms with E-state index in [9.17, 15) is 0 Å². The molecule has 2 unspecified atom stereocenters. The van der Waals surface area contributed by atoms with Crippen molar-refractivity contribution in [2.75, 3.05) is 0 Å². The third-order valence-electron chi connectivity index (χ3n) is 3.69. The van der Waals surface area contributed by atoms with E-state index in [0.29, 0.717) is 18.0 Å². The Morgan fingerprint density at radius 3 is 1.95 bits per heavy atom. The predicted octanol–water partition coefficient (Wildman–Crippen LogP) is 5.94. The monoisotopic (exact) mass is 307 g/mol. The number of benzene rings is 1. The molecule has 0 aliphatic carbocycles. The zero-order valence-electron chi connectivity index (χ0n) is 12.5. The van der Waals surface area contributed by atoms with Crippen LogP contribution < -0.4 is 5.32 Å². The van der Waals surface area contributed by atoms with E-state index in [4.69, 9.17) is 11.6 Å². The summed E-state index contributed by atoms with van der Waals surface area (Å²) in [5.41, 5.74) is 3.96. The smallest absolute Gasteiger partial charge is 0.0931 e. The van der Waals surface area contributed by atoms with Crippen LogP contribution in [0.4, 0.5) is 0 Å². The fourth-order valence-electron chi connectivity index (χ4n) is 2.29. The maximum atomic E-state index is 6.00. The first-order valence-electron chi connectivity index (χ1n) is 7.07. The van der Waals surface area contributed by atoms with Crippen LogP contribution in [0.15, 0.2) is 35.7 Å². The Hall–Kier alpha value is -0.830. The molecular formula is C17H22ClNS. The van der Waals surface area contributed by atoms with Gasteiger partial charge in [-0.1, -0.05) is 49.7 Å². The molecule has 1 aromatic carbocycles. The molecule has 0 amide bonds. The largest absolute Gasteiger partial charge is 0.304 e. The van der Waals surface area contributed by atoms with Gasteiger partial charge in [0.1, 0.15) is 0 Å². The number of halogens is 1. The van der Waals surface area contributed by atoms with Crippen molar-refractivity contribution in [3.8, 4) is 0 Å². The van der Waals surface area contributed by atoms with Crippen molar-refractivity contribution in [2.45, 2.75) is 45.7 Å². The zero-order valence-corrected chi connectivity index (χ0v) is 14.1. The molecule has 3 heteroatoms. The summed E-state index contributed by atoms with van der Waals surface area (Å²) in [4.78, 5) is 0. The topological polar surface area (TPSA) is 12.0 Å². The Kier molecular flexibility index (Phi) is 5.25. The lowest BCUT2D eigenvalue weighted by molar-refractivity contribution is 0.495. The molecule has 0 saturated carbocycles. The highest BCUT2D eigenvalue weighted by Crippen LogP contribution is 2.27. The van der Waals surface area contributed by atoms with E-state index >= 15 is 0 Å². The quantitative estimate of drug-likeness (QED) is 0.721. The van der Waals surface area contributed by atoms with Gasteiger partial charge in [-0.25, -0.2) is 0 Å². The van der Waals surface area contributed by atoms with Crippen molar-refractivity contribution < 1.29 is 0 Å². The second-order valence-corrected chi connectivity index (χ2v) is 7.16. The molecule has 1 aromatic heterocycles. The van der Waals surface area contributed by atoms with Crippen LogP contribution in [-0.2, 0) is 0 Å². The normalized spacial score (nSPS) is 14.5. The molecule has 108 valence electrons. The van der Waals surface area contributed by atoms with Gasteiger partial charge in [0.25, 0.3) is 0 Å². The van der Waals surface area contributed by atoms with Gasteiger partial charge in [-0.15, -0.1) is 11.3 Å². The number of nitrogens with one attached hydrogen (secondary N) is 1. The van der Waals surface area contributed by atoms with E-state index in [2.05, 4.69) is 62.7 Å². The minimum Gasteiger partial charge on any atom is -0.304 e. The van der Waals surface area contributed by atoms with Crippen molar-refractivity contribution in [3.05, 3.63) is 56.7 Å². The summed E-state index contributed by atoms with van der Waals surface area (Å²) in [5, 5.41) is 5.74. The van der Waals surface area contributed by atoms with Crippen molar-refractivity contribution in [3.63, 3.8) is 0 Å². The standard InChI is InChI=1S/C17H22ClNS/c1-11(2)14-5-7-15(8-6-14)12(3)19-13(4)16-9-17(18)20-10-16/h5-13,19H,1-4H3. The number of hydrogen-bond donors (Lipinski definition) is 1. The summed E-state index contributed by atoms with van der Waals surface area (Å²) in [6.45, 7) is 8.82. The van der Waals surface area contributed by atoms with E-state index < -0.39 is 0 Å². The molecule has 1 nitrogen and oxygen atoms in total. The van der Waals surface area contributed by atoms with Gasteiger partial charge in [-0.2, -0.15) is 0 Å². The van der Waals surface area contributed by atoms with Gasteiger partial charge in [-0.3, -0.25) is 0 Å². The number of thiophene rings is 1. The Morgan fingerprint density at radius 1 is 0.900 bits per heavy atom. The molecule has 0 spiro atoms. The van der Waals surface area contributed by atoms with Gasteiger partial charge in [-0.05, 0) is 47.9 Å². The molecular weight excluding hydrogens is 286 g/mol. The highest BCUT2D eigenvalue weighted by molar-refractivity contribution is 7.14. The summed E-state index contributed by atoms with van der Waals surface area (Å²) in [7, 11) is 0. The molecule has 0 bridgehead atoms. The van der Waals surface area contributed by atoms with Gasteiger partial charge in [0.15, 0.2) is 0 Å². The summed E-state index contributed by atoms with van der Waals surface area (Å²) in [6, 6.07) is 11.6. The van der Waals surface area contributed by atoms with Crippen LogP contribution in [0.25, 0.3) is 0 Å². The maximum absolute atomic E-state index is 6.00. The van der Waals surface area contributed by atoms with E-state index in [-0.39, 0.29) is 0 Å². The summed E-state index contributed by atoms with van der Waals surface area (Å²) in [5.74, 6) is 0.583. The number of rotatable bonds is 5. The van der Waals surface area contributed by atoms with Crippen LogP contribution in [0, 0.1) is 0 Å². The van der Waals surface area contributed by atoms with E-state index in [0.717, 1.165) is 4.34 Å². The maximum Gasteiger partial charge on any atom is 0.0931 e.